The van der Waals surface area contributed by atoms with Gasteiger partial charge in [0.2, 0.25) is 0 Å². The lowest BCUT2D eigenvalue weighted by Crippen LogP contribution is -2.26. The van der Waals surface area contributed by atoms with Crippen LogP contribution < -0.4 is 4.74 Å². The summed E-state index contributed by atoms with van der Waals surface area (Å²) in [6, 6.07) is 3.05. The smallest absolute Gasteiger partial charge is 0.152 e. The van der Waals surface area contributed by atoms with Crippen LogP contribution >= 0.6 is 23.2 Å². The molecule has 0 aliphatic carbocycles. The number of aromatic amines is 1. The normalized spacial score (nSPS) is 12.6. The summed E-state index contributed by atoms with van der Waals surface area (Å²) in [5.74, 6) is -0.145. The molecule has 34 heavy (non-hydrogen) atoms. The Kier molecular flexibility index (Phi) is 7.67. The number of hydrogen-bond donors (Lipinski definition) is 1. The van der Waals surface area contributed by atoms with E-state index in [0.717, 1.165) is 18.7 Å². The first-order valence-electron chi connectivity index (χ1n) is 10.7. The minimum Gasteiger partial charge on any atom is -0.486 e. The molecule has 3 heterocycles. The summed E-state index contributed by atoms with van der Waals surface area (Å²) in [5, 5.41) is 12.9. The highest BCUT2D eigenvalue weighted by Crippen LogP contribution is 2.35. The van der Waals surface area contributed by atoms with E-state index in [4.69, 9.17) is 32.7 Å². The van der Waals surface area contributed by atoms with E-state index in [1.807, 2.05) is 17.9 Å². The van der Waals surface area contributed by atoms with Gasteiger partial charge in [-0.05, 0) is 20.0 Å². The molecule has 0 saturated carbocycles. The highest BCUT2D eigenvalue weighted by Gasteiger charge is 2.19. The number of nitrogens with one attached hydrogen (secondary N) is 1. The molecule has 8 nitrogen and oxygen atoms in total. The summed E-state index contributed by atoms with van der Waals surface area (Å²) < 4.78 is 27.8. The predicted molar refractivity (Wildman–Crippen MR) is 130 cm³/mol. The van der Waals surface area contributed by atoms with Gasteiger partial charge >= 0.3 is 0 Å². The quantitative estimate of drug-likeness (QED) is 0.326. The zero-order chi connectivity index (χ0) is 24.2. The number of benzene rings is 1. The Hall–Kier alpha value is -2.72. The van der Waals surface area contributed by atoms with E-state index in [1.54, 1.807) is 26.3 Å². The first-order valence-corrected chi connectivity index (χ1v) is 11.5. The molecule has 0 bridgehead atoms. The number of likely N-dealkylation sites (N-methyl/N-ethyl adjacent to an activating group) is 1. The number of halogens is 3. The molecule has 0 saturated heterocycles. The minimum atomic E-state index is -0.520. The average Bonchev–Trinajstić information content (AvgIpc) is 3.43. The zero-order valence-electron chi connectivity index (χ0n) is 19.1. The summed E-state index contributed by atoms with van der Waals surface area (Å²) in [6.45, 7) is 4.82. The fourth-order valence-electron chi connectivity index (χ4n) is 3.66. The van der Waals surface area contributed by atoms with Gasteiger partial charge in [0.15, 0.2) is 5.82 Å². The SMILES string of the molecule is COCCN(C)CCn1cc(-c2n[nH]c3c(F)cc(O[C@H](C)c4c(Cl)cncc4Cl)cc23)cn1. The second kappa shape index (κ2) is 10.7. The number of H-pyrrole nitrogens is 1. The first-order chi connectivity index (χ1) is 16.4. The molecule has 0 unspecified atom stereocenters. The maximum atomic E-state index is 14.9. The number of fused-ring (bicyclic) bond motifs is 1. The van der Waals surface area contributed by atoms with Crippen molar-refractivity contribution in [2.75, 3.05) is 33.9 Å². The first kappa shape index (κ1) is 24.4. The van der Waals surface area contributed by atoms with Gasteiger partial charge in [-0.1, -0.05) is 23.2 Å². The molecule has 0 fully saturated rings. The molecule has 0 aliphatic rings. The van der Waals surface area contributed by atoms with E-state index < -0.39 is 11.9 Å². The lowest BCUT2D eigenvalue weighted by molar-refractivity contribution is 0.159. The van der Waals surface area contributed by atoms with E-state index in [1.165, 1.54) is 18.5 Å². The number of ether oxygens (including phenoxy) is 2. The molecular formula is C23H25Cl2FN6O2. The Morgan fingerprint density at radius 2 is 1.94 bits per heavy atom. The molecule has 180 valence electrons. The van der Waals surface area contributed by atoms with Gasteiger partial charge in [0, 0.05) is 61.4 Å². The van der Waals surface area contributed by atoms with Crippen LogP contribution in [-0.4, -0.2) is 63.7 Å². The topological polar surface area (TPSA) is 81.1 Å². The fourth-order valence-corrected chi connectivity index (χ4v) is 4.33. The second-order valence-corrected chi connectivity index (χ2v) is 8.78. The molecule has 11 heteroatoms. The Labute approximate surface area is 206 Å². The van der Waals surface area contributed by atoms with Crippen LogP contribution in [0.2, 0.25) is 10.0 Å². The van der Waals surface area contributed by atoms with Gasteiger partial charge < -0.3 is 14.4 Å². The van der Waals surface area contributed by atoms with Gasteiger partial charge in [-0.15, -0.1) is 0 Å². The van der Waals surface area contributed by atoms with E-state index in [0.29, 0.717) is 51.1 Å². The summed E-state index contributed by atoms with van der Waals surface area (Å²) >= 11 is 12.5. The molecule has 0 spiro atoms. The van der Waals surface area contributed by atoms with Crippen molar-refractivity contribution in [3.8, 4) is 17.0 Å². The van der Waals surface area contributed by atoms with Crippen LogP contribution in [-0.2, 0) is 11.3 Å². The molecule has 0 radical (unpaired) electrons. The average molecular weight is 507 g/mol. The summed E-state index contributed by atoms with van der Waals surface area (Å²) in [7, 11) is 3.72. The number of rotatable bonds is 10. The molecule has 1 atom stereocenters. The van der Waals surface area contributed by atoms with Crippen LogP contribution in [0.1, 0.15) is 18.6 Å². The van der Waals surface area contributed by atoms with Gasteiger partial charge in [-0.3, -0.25) is 14.8 Å². The molecule has 4 rings (SSSR count). The van der Waals surface area contributed by atoms with Gasteiger partial charge in [-0.25, -0.2) is 4.39 Å². The van der Waals surface area contributed by atoms with Gasteiger partial charge in [0.25, 0.3) is 0 Å². The zero-order valence-corrected chi connectivity index (χ0v) is 20.6. The monoisotopic (exact) mass is 506 g/mol. The van der Waals surface area contributed by atoms with Crippen LogP contribution in [0.4, 0.5) is 4.39 Å². The lowest BCUT2D eigenvalue weighted by Gasteiger charge is -2.17. The largest absolute Gasteiger partial charge is 0.486 e. The highest BCUT2D eigenvalue weighted by atomic mass is 35.5. The molecule has 0 amide bonds. The fraction of sp³-hybridized carbons (Fsp3) is 0.348. The van der Waals surface area contributed by atoms with Gasteiger partial charge in [-0.2, -0.15) is 10.2 Å². The molecule has 4 aromatic rings. The summed E-state index contributed by atoms with van der Waals surface area (Å²) in [6.07, 6.45) is 6.08. The van der Waals surface area contributed by atoms with E-state index >= 15 is 0 Å². The Balaban J connectivity index is 1.56. The predicted octanol–water partition coefficient (Wildman–Crippen LogP) is 4.99. The Bertz CT molecular complexity index is 1260. The minimum absolute atomic E-state index is 0.294. The van der Waals surface area contributed by atoms with Crippen molar-refractivity contribution < 1.29 is 13.9 Å². The molecular weight excluding hydrogens is 482 g/mol. The number of hydrogen-bond acceptors (Lipinski definition) is 6. The van der Waals surface area contributed by atoms with Crippen LogP contribution in [0.3, 0.4) is 0 Å². The van der Waals surface area contributed by atoms with Crippen LogP contribution in [0, 0.1) is 5.82 Å². The Morgan fingerprint density at radius 1 is 1.18 bits per heavy atom. The maximum absolute atomic E-state index is 14.9. The van der Waals surface area contributed by atoms with Crippen molar-refractivity contribution in [2.24, 2.45) is 0 Å². The lowest BCUT2D eigenvalue weighted by atomic mass is 10.1. The number of pyridine rings is 1. The third kappa shape index (κ3) is 5.33. The van der Waals surface area contributed by atoms with E-state index in [9.17, 15) is 4.39 Å². The summed E-state index contributed by atoms with van der Waals surface area (Å²) in [4.78, 5) is 6.12. The van der Waals surface area contributed by atoms with Crippen molar-refractivity contribution in [1.29, 1.82) is 0 Å². The van der Waals surface area contributed by atoms with Crippen molar-refractivity contribution >= 4 is 34.1 Å². The molecule has 3 aromatic heterocycles. The maximum Gasteiger partial charge on any atom is 0.152 e. The number of nitrogens with zero attached hydrogens (tertiary/aromatic N) is 5. The molecule has 1 aromatic carbocycles. The number of aromatic nitrogens is 5. The summed E-state index contributed by atoms with van der Waals surface area (Å²) in [5.41, 5.74) is 2.24. The standard InChI is InChI=1S/C23H25Cl2FN6O2/c1-14(21-18(24)11-27-12-19(21)25)34-16-8-17-22(29-30-23(17)20(26)9-16)15-10-28-32(13-15)5-4-31(2)6-7-33-3/h8-14H,4-7H2,1-3H3,(H,29,30)/t14-/m1/s1. The Morgan fingerprint density at radius 3 is 2.68 bits per heavy atom. The van der Waals surface area contributed by atoms with E-state index in [2.05, 4.69) is 25.2 Å². The highest BCUT2D eigenvalue weighted by molar-refractivity contribution is 6.35. The van der Waals surface area contributed by atoms with Crippen LogP contribution in [0.5, 0.6) is 5.75 Å². The third-order valence-corrected chi connectivity index (χ3v) is 6.11. The van der Waals surface area contributed by atoms with Crippen molar-refractivity contribution in [3.05, 3.63) is 58.3 Å². The third-order valence-electron chi connectivity index (χ3n) is 5.50. The van der Waals surface area contributed by atoms with Crippen LogP contribution in [0.15, 0.2) is 36.9 Å². The van der Waals surface area contributed by atoms with Gasteiger partial charge in [0.1, 0.15) is 23.1 Å². The van der Waals surface area contributed by atoms with Crippen molar-refractivity contribution in [1.82, 2.24) is 29.9 Å². The second-order valence-electron chi connectivity index (χ2n) is 7.96. The van der Waals surface area contributed by atoms with E-state index in [-0.39, 0.29) is 0 Å². The molecule has 0 aliphatic heterocycles. The van der Waals surface area contributed by atoms with Crippen molar-refractivity contribution in [2.45, 2.75) is 19.6 Å². The van der Waals surface area contributed by atoms with Gasteiger partial charge in [0.05, 0.1) is 29.4 Å². The molecule has 1 N–H and O–H groups in total. The van der Waals surface area contributed by atoms with Crippen molar-refractivity contribution in [3.63, 3.8) is 0 Å². The van der Waals surface area contributed by atoms with Crippen LogP contribution in [0.25, 0.3) is 22.2 Å². The number of methoxy groups -OCH3 is 1.